The van der Waals surface area contributed by atoms with Gasteiger partial charge >= 0.3 is 5.97 Å². The van der Waals surface area contributed by atoms with E-state index in [1.807, 2.05) is 6.07 Å². The molecule has 1 aromatic rings. The minimum absolute atomic E-state index is 0.0729. The third-order valence-electron chi connectivity index (χ3n) is 6.22. The summed E-state index contributed by atoms with van der Waals surface area (Å²) in [6.07, 6.45) is 5.02. The molecule has 1 aromatic carbocycles. The van der Waals surface area contributed by atoms with Crippen molar-refractivity contribution in [3.05, 3.63) is 35.9 Å². The van der Waals surface area contributed by atoms with Crippen molar-refractivity contribution in [3.8, 4) is 0 Å². The quantitative estimate of drug-likeness (QED) is 0.928. The first kappa shape index (κ1) is 13.3. The molecule has 3 heteroatoms. The van der Waals surface area contributed by atoms with Gasteiger partial charge in [0.15, 0.2) is 0 Å². The van der Waals surface area contributed by atoms with Gasteiger partial charge in [-0.15, -0.1) is 0 Å². The first-order valence-corrected chi connectivity index (χ1v) is 8.16. The van der Waals surface area contributed by atoms with E-state index in [1.54, 1.807) is 0 Å². The second kappa shape index (κ2) is 4.84. The average Bonchev–Trinajstić information content (AvgIpc) is 3.15. The number of fused-ring (bicyclic) bond motifs is 3. The van der Waals surface area contributed by atoms with Crippen molar-refractivity contribution in [2.75, 3.05) is 13.1 Å². The highest BCUT2D eigenvalue weighted by molar-refractivity contribution is 5.72. The van der Waals surface area contributed by atoms with E-state index in [0.29, 0.717) is 5.92 Å². The van der Waals surface area contributed by atoms with Crippen molar-refractivity contribution in [1.29, 1.82) is 0 Å². The maximum atomic E-state index is 11.8. The van der Waals surface area contributed by atoms with Crippen LogP contribution in [0.15, 0.2) is 30.3 Å². The fourth-order valence-corrected chi connectivity index (χ4v) is 5.42. The van der Waals surface area contributed by atoms with E-state index < -0.39 is 5.97 Å². The van der Waals surface area contributed by atoms with Gasteiger partial charge in [0, 0.05) is 25.0 Å². The lowest BCUT2D eigenvalue weighted by atomic mass is 9.67. The van der Waals surface area contributed by atoms with Crippen molar-refractivity contribution in [3.63, 3.8) is 0 Å². The second-order valence-electron chi connectivity index (χ2n) is 7.36. The van der Waals surface area contributed by atoms with Crippen LogP contribution < -0.4 is 0 Å². The Balaban J connectivity index is 1.56. The molecule has 3 nitrogen and oxygen atoms in total. The molecule has 4 rings (SSSR count). The van der Waals surface area contributed by atoms with Crippen LogP contribution in [0.25, 0.3) is 0 Å². The highest BCUT2D eigenvalue weighted by Gasteiger charge is 2.60. The van der Waals surface area contributed by atoms with E-state index >= 15 is 0 Å². The highest BCUT2D eigenvalue weighted by atomic mass is 16.4. The summed E-state index contributed by atoms with van der Waals surface area (Å²) in [6.45, 7) is 2.61. The molecule has 2 saturated carbocycles. The molecule has 2 aliphatic carbocycles. The van der Waals surface area contributed by atoms with E-state index in [9.17, 15) is 9.90 Å². The van der Waals surface area contributed by atoms with Crippen LogP contribution in [0.4, 0.5) is 0 Å². The molecule has 1 aliphatic heterocycles. The smallest absolute Gasteiger partial charge is 0.308 e. The van der Waals surface area contributed by atoms with Gasteiger partial charge in [-0.1, -0.05) is 36.8 Å². The zero-order valence-corrected chi connectivity index (χ0v) is 12.4. The number of rotatable bonds is 3. The number of hydrogen-bond donors (Lipinski definition) is 1. The van der Waals surface area contributed by atoms with Crippen molar-refractivity contribution in [2.45, 2.75) is 32.2 Å². The van der Waals surface area contributed by atoms with Gasteiger partial charge in [0.1, 0.15) is 0 Å². The van der Waals surface area contributed by atoms with Crippen LogP contribution in [0.5, 0.6) is 0 Å². The summed E-state index contributed by atoms with van der Waals surface area (Å²) in [7, 11) is 0. The predicted molar refractivity (Wildman–Crippen MR) is 80.7 cm³/mol. The zero-order chi connectivity index (χ0) is 14.4. The van der Waals surface area contributed by atoms with Crippen molar-refractivity contribution in [2.24, 2.45) is 23.2 Å². The normalized spacial score (nSPS) is 38.4. The Morgan fingerprint density at radius 1 is 1.29 bits per heavy atom. The van der Waals surface area contributed by atoms with Gasteiger partial charge in [-0.3, -0.25) is 9.69 Å². The number of carbonyl (C=O) groups is 1. The molecule has 4 unspecified atom stereocenters. The topological polar surface area (TPSA) is 40.5 Å². The van der Waals surface area contributed by atoms with E-state index in [-0.39, 0.29) is 11.3 Å². The molecule has 1 heterocycles. The lowest BCUT2D eigenvalue weighted by Gasteiger charge is -2.37. The third-order valence-corrected chi connectivity index (χ3v) is 6.22. The molecule has 0 amide bonds. The molecule has 1 spiro atoms. The first-order chi connectivity index (χ1) is 10.2. The SMILES string of the molecule is O=C(O)C1CN(Cc2ccccc2)CC12CC1CCC2C1. The van der Waals surface area contributed by atoms with Crippen molar-refractivity contribution < 1.29 is 9.90 Å². The van der Waals surface area contributed by atoms with Crippen LogP contribution in [0, 0.1) is 23.2 Å². The molecule has 112 valence electrons. The van der Waals surface area contributed by atoms with Crippen LogP contribution >= 0.6 is 0 Å². The Morgan fingerprint density at radius 3 is 2.71 bits per heavy atom. The van der Waals surface area contributed by atoms with Gasteiger partial charge in [-0.2, -0.15) is 0 Å². The van der Waals surface area contributed by atoms with Crippen LogP contribution in [0.1, 0.15) is 31.2 Å². The first-order valence-electron chi connectivity index (χ1n) is 8.16. The van der Waals surface area contributed by atoms with Crippen LogP contribution in [-0.4, -0.2) is 29.1 Å². The lowest BCUT2D eigenvalue weighted by Crippen LogP contribution is -2.39. The number of nitrogens with zero attached hydrogens (tertiary/aromatic N) is 1. The molecule has 3 fully saturated rings. The van der Waals surface area contributed by atoms with E-state index in [0.717, 1.165) is 32.0 Å². The van der Waals surface area contributed by atoms with Gasteiger partial charge in [0.05, 0.1) is 5.92 Å². The number of aliphatic carboxylic acids is 1. The number of likely N-dealkylation sites (tertiary alicyclic amines) is 1. The van der Waals surface area contributed by atoms with Crippen LogP contribution in [-0.2, 0) is 11.3 Å². The average molecular weight is 285 g/mol. The Labute approximate surface area is 126 Å². The summed E-state index contributed by atoms with van der Waals surface area (Å²) in [5.74, 6) is 0.729. The zero-order valence-electron chi connectivity index (χ0n) is 12.4. The minimum atomic E-state index is -0.571. The minimum Gasteiger partial charge on any atom is -0.481 e. The van der Waals surface area contributed by atoms with Crippen LogP contribution in [0.2, 0.25) is 0 Å². The van der Waals surface area contributed by atoms with Gasteiger partial charge in [-0.25, -0.2) is 0 Å². The number of carboxylic acids is 1. The molecule has 1 N–H and O–H groups in total. The molecule has 0 radical (unpaired) electrons. The highest BCUT2D eigenvalue weighted by Crippen LogP contribution is 2.61. The largest absolute Gasteiger partial charge is 0.481 e. The molecule has 0 aromatic heterocycles. The Kier molecular flexibility index (Phi) is 3.07. The number of carboxylic acid groups (broad SMARTS) is 1. The number of hydrogen-bond acceptors (Lipinski definition) is 2. The maximum Gasteiger partial charge on any atom is 0.308 e. The molecule has 4 atom stereocenters. The third kappa shape index (κ3) is 2.10. The standard InChI is InChI=1S/C18H23NO2/c20-17(21)16-11-19(10-13-4-2-1-3-5-13)12-18(16)9-14-6-7-15(18)8-14/h1-5,14-16H,6-12H2,(H,20,21). The summed E-state index contributed by atoms with van der Waals surface area (Å²) in [6, 6.07) is 10.4. The molecular weight excluding hydrogens is 262 g/mol. The van der Waals surface area contributed by atoms with E-state index in [4.69, 9.17) is 0 Å². The van der Waals surface area contributed by atoms with Crippen LogP contribution in [0.3, 0.4) is 0 Å². The summed E-state index contributed by atoms with van der Waals surface area (Å²) in [5, 5.41) is 9.72. The fourth-order valence-electron chi connectivity index (χ4n) is 5.42. The molecule has 1 saturated heterocycles. The molecule has 3 aliphatic rings. The van der Waals surface area contributed by atoms with Crippen molar-refractivity contribution in [1.82, 2.24) is 4.90 Å². The maximum absolute atomic E-state index is 11.8. The lowest BCUT2D eigenvalue weighted by molar-refractivity contribution is -0.146. The Hall–Kier alpha value is -1.35. The monoisotopic (exact) mass is 285 g/mol. The fraction of sp³-hybridized carbons (Fsp3) is 0.611. The summed E-state index contributed by atoms with van der Waals surface area (Å²) in [5.41, 5.74) is 1.37. The van der Waals surface area contributed by atoms with Gasteiger partial charge in [-0.05, 0) is 36.7 Å². The van der Waals surface area contributed by atoms with E-state index in [2.05, 4.69) is 29.2 Å². The van der Waals surface area contributed by atoms with Gasteiger partial charge in [0.25, 0.3) is 0 Å². The molecule has 21 heavy (non-hydrogen) atoms. The summed E-state index contributed by atoms with van der Waals surface area (Å²) >= 11 is 0. The number of benzene rings is 1. The van der Waals surface area contributed by atoms with Crippen molar-refractivity contribution >= 4 is 5.97 Å². The summed E-state index contributed by atoms with van der Waals surface area (Å²) in [4.78, 5) is 14.2. The van der Waals surface area contributed by atoms with Gasteiger partial charge in [0.2, 0.25) is 0 Å². The van der Waals surface area contributed by atoms with E-state index in [1.165, 1.54) is 24.8 Å². The Bertz CT molecular complexity index is 543. The summed E-state index contributed by atoms with van der Waals surface area (Å²) < 4.78 is 0. The predicted octanol–water partition coefficient (Wildman–Crippen LogP) is 3.01. The second-order valence-corrected chi connectivity index (χ2v) is 7.36. The molecular formula is C18H23NO2. The molecule has 2 bridgehead atoms. The van der Waals surface area contributed by atoms with Gasteiger partial charge < -0.3 is 5.11 Å². The Morgan fingerprint density at radius 2 is 2.10 bits per heavy atom.